The average molecular weight is 396 g/mol. The largest absolute Gasteiger partial charge is 0.454 e. The van der Waals surface area contributed by atoms with Gasteiger partial charge in [0, 0.05) is 12.6 Å². The zero-order valence-corrected chi connectivity index (χ0v) is 15.6. The molecule has 1 atom stereocenters. The highest BCUT2D eigenvalue weighted by Gasteiger charge is 2.38. The lowest BCUT2D eigenvalue weighted by Gasteiger charge is -2.13. The van der Waals surface area contributed by atoms with Crippen molar-refractivity contribution in [2.75, 3.05) is 6.79 Å². The van der Waals surface area contributed by atoms with Gasteiger partial charge in [-0.1, -0.05) is 12.1 Å². The molecule has 2 aliphatic rings. The quantitative estimate of drug-likeness (QED) is 0.684. The number of imide groups is 1. The van der Waals surface area contributed by atoms with Crippen LogP contribution in [0.15, 0.2) is 42.6 Å². The van der Waals surface area contributed by atoms with Crippen LogP contribution in [-0.2, 0) is 22.7 Å². The highest BCUT2D eigenvalue weighted by atomic mass is 16.7. The Morgan fingerprint density at radius 2 is 2.07 bits per heavy atom. The van der Waals surface area contributed by atoms with Crippen LogP contribution >= 0.6 is 0 Å². The maximum atomic E-state index is 12.6. The van der Waals surface area contributed by atoms with Crippen LogP contribution in [0.4, 0.5) is 4.79 Å². The average Bonchev–Trinajstić information content (AvgIpc) is 3.31. The summed E-state index contributed by atoms with van der Waals surface area (Å²) >= 11 is 0. The van der Waals surface area contributed by atoms with Crippen LogP contribution in [0.1, 0.15) is 24.1 Å². The smallest absolute Gasteiger partial charge is 0.325 e. The fraction of sp³-hybridized carbons (Fsp3) is 0.300. The minimum atomic E-state index is -0.711. The topological polar surface area (TPSA) is 110 Å². The fourth-order valence-electron chi connectivity index (χ4n) is 3.20. The Morgan fingerprint density at radius 3 is 2.90 bits per heavy atom. The van der Waals surface area contributed by atoms with Crippen LogP contribution in [0.2, 0.25) is 0 Å². The lowest BCUT2D eigenvalue weighted by atomic mass is 10.1. The Kier molecular flexibility index (Phi) is 5.28. The van der Waals surface area contributed by atoms with E-state index in [0.29, 0.717) is 18.0 Å². The Hall–Kier alpha value is -3.62. The molecule has 4 amide bonds. The number of carbonyl (C=O) groups is 3. The van der Waals surface area contributed by atoms with Gasteiger partial charge in [0.1, 0.15) is 6.04 Å². The summed E-state index contributed by atoms with van der Waals surface area (Å²) in [5.74, 6) is 0.688. The first kappa shape index (κ1) is 18.7. The maximum Gasteiger partial charge on any atom is 0.325 e. The second-order valence-corrected chi connectivity index (χ2v) is 6.75. The molecule has 0 spiro atoms. The monoisotopic (exact) mass is 396 g/mol. The molecule has 1 aromatic heterocycles. The molecule has 9 heteroatoms. The van der Waals surface area contributed by atoms with Gasteiger partial charge >= 0.3 is 6.03 Å². The van der Waals surface area contributed by atoms with Gasteiger partial charge in [-0.25, -0.2) is 4.79 Å². The van der Waals surface area contributed by atoms with Crippen LogP contribution in [0.25, 0.3) is 0 Å². The number of fused-ring (bicyclic) bond motifs is 1. The highest BCUT2D eigenvalue weighted by Crippen LogP contribution is 2.33. The first-order valence-corrected chi connectivity index (χ1v) is 9.27. The molecular weight excluding hydrogens is 376 g/mol. The molecule has 1 saturated heterocycles. The number of rotatable bonds is 7. The number of ether oxygens (including phenoxy) is 2. The van der Waals surface area contributed by atoms with Crippen LogP contribution in [-0.4, -0.2) is 40.6 Å². The molecule has 29 heavy (non-hydrogen) atoms. The van der Waals surface area contributed by atoms with Gasteiger partial charge in [-0.2, -0.15) is 0 Å². The number of aromatic nitrogens is 1. The molecule has 4 rings (SSSR count). The summed E-state index contributed by atoms with van der Waals surface area (Å²) in [4.78, 5) is 42.1. The Bertz CT molecular complexity index is 934. The number of nitrogens with one attached hydrogen (secondary N) is 2. The van der Waals surface area contributed by atoms with E-state index in [1.54, 1.807) is 30.5 Å². The summed E-state index contributed by atoms with van der Waals surface area (Å²) in [7, 11) is 0. The summed E-state index contributed by atoms with van der Waals surface area (Å²) in [6.07, 6.45) is 2.01. The van der Waals surface area contributed by atoms with Crippen LogP contribution in [0, 0.1) is 0 Å². The number of hydrogen-bond donors (Lipinski definition) is 2. The van der Waals surface area contributed by atoms with Crippen molar-refractivity contribution in [3.63, 3.8) is 0 Å². The summed E-state index contributed by atoms with van der Waals surface area (Å²) in [5, 5.41) is 5.40. The SMILES string of the molecule is O=C(CCC1NC(=O)N(Cc2ccc3c(c2)OCO3)C1=O)NCc1ccccn1. The normalized spacial score (nSPS) is 17.4. The summed E-state index contributed by atoms with van der Waals surface area (Å²) in [5.41, 5.74) is 1.51. The van der Waals surface area contributed by atoms with E-state index in [1.807, 2.05) is 12.1 Å². The summed E-state index contributed by atoms with van der Waals surface area (Å²) < 4.78 is 10.6. The minimum absolute atomic E-state index is 0.126. The van der Waals surface area contributed by atoms with Crippen molar-refractivity contribution in [1.82, 2.24) is 20.5 Å². The number of benzene rings is 1. The second kappa shape index (κ2) is 8.17. The molecule has 0 saturated carbocycles. The first-order valence-electron chi connectivity index (χ1n) is 9.27. The van der Waals surface area contributed by atoms with Gasteiger partial charge in [-0.15, -0.1) is 0 Å². The van der Waals surface area contributed by atoms with Crippen LogP contribution in [0.3, 0.4) is 0 Å². The predicted octanol–water partition coefficient (Wildman–Crippen LogP) is 1.33. The molecule has 0 radical (unpaired) electrons. The number of urea groups is 1. The molecule has 1 unspecified atom stereocenters. The Balaban J connectivity index is 1.28. The molecule has 9 nitrogen and oxygen atoms in total. The van der Waals surface area contributed by atoms with Gasteiger partial charge in [-0.3, -0.25) is 19.5 Å². The van der Waals surface area contributed by atoms with Gasteiger partial charge in [0.2, 0.25) is 12.7 Å². The third kappa shape index (κ3) is 4.29. The van der Waals surface area contributed by atoms with Crippen LogP contribution in [0.5, 0.6) is 11.5 Å². The van der Waals surface area contributed by atoms with Crippen molar-refractivity contribution >= 4 is 17.8 Å². The lowest BCUT2D eigenvalue weighted by Crippen LogP contribution is -2.32. The fourth-order valence-corrected chi connectivity index (χ4v) is 3.20. The van der Waals surface area contributed by atoms with Crippen LogP contribution < -0.4 is 20.1 Å². The van der Waals surface area contributed by atoms with Gasteiger partial charge < -0.3 is 20.1 Å². The van der Waals surface area contributed by atoms with Crippen molar-refractivity contribution in [3.05, 3.63) is 53.9 Å². The standard InChI is InChI=1S/C20H20N4O5/c25-18(22-10-14-3-1-2-8-21-14)7-5-15-19(26)24(20(27)23-15)11-13-4-6-16-17(9-13)29-12-28-16/h1-4,6,8-9,15H,5,7,10-12H2,(H,22,25)(H,23,27). The number of hydrogen-bond acceptors (Lipinski definition) is 6. The van der Waals surface area contributed by atoms with E-state index in [0.717, 1.165) is 16.2 Å². The van der Waals surface area contributed by atoms with E-state index in [1.165, 1.54) is 0 Å². The molecular formula is C20H20N4O5. The van der Waals surface area contributed by atoms with E-state index >= 15 is 0 Å². The van der Waals surface area contributed by atoms with Gasteiger partial charge in [-0.05, 0) is 36.2 Å². The molecule has 0 aliphatic carbocycles. The number of carbonyl (C=O) groups excluding carboxylic acids is 3. The number of pyridine rings is 1. The molecule has 2 aliphatic heterocycles. The predicted molar refractivity (Wildman–Crippen MR) is 101 cm³/mol. The number of nitrogens with zero attached hydrogens (tertiary/aromatic N) is 2. The summed E-state index contributed by atoms with van der Waals surface area (Å²) in [6, 6.07) is 9.57. The first-order chi connectivity index (χ1) is 14.1. The van der Waals surface area contributed by atoms with E-state index < -0.39 is 12.1 Å². The van der Waals surface area contributed by atoms with Crippen molar-refractivity contribution in [2.24, 2.45) is 0 Å². The molecule has 150 valence electrons. The summed E-state index contributed by atoms with van der Waals surface area (Å²) in [6.45, 7) is 0.608. The minimum Gasteiger partial charge on any atom is -0.454 e. The zero-order valence-electron chi connectivity index (χ0n) is 15.6. The molecule has 3 heterocycles. The van der Waals surface area contributed by atoms with Gasteiger partial charge in [0.15, 0.2) is 11.5 Å². The van der Waals surface area contributed by atoms with Crippen molar-refractivity contribution in [2.45, 2.75) is 32.0 Å². The zero-order chi connectivity index (χ0) is 20.2. The molecule has 1 aromatic carbocycles. The Labute approximate surface area is 167 Å². The molecule has 1 fully saturated rings. The third-order valence-electron chi connectivity index (χ3n) is 4.74. The Morgan fingerprint density at radius 1 is 1.21 bits per heavy atom. The number of amides is 4. The van der Waals surface area contributed by atoms with Crippen molar-refractivity contribution < 1.29 is 23.9 Å². The molecule has 2 aromatic rings. The molecule has 2 N–H and O–H groups in total. The van der Waals surface area contributed by atoms with E-state index in [9.17, 15) is 14.4 Å². The highest BCUT2D eigenvalue weighted by molar-refractivity contribution is 6.04. The van der Waals surface area contributed by atoms with Crippen molar-refractivity contribution in [1.29, 1.82) is 0 Å². The van der Waals surface area contributed by atoms with Gasteiger partial charge in [0.05, 0.1) is 18.8 Å². The van der Waals surface area contributed by atoms with E-state index in [-0.39, 0.29) is 38.0 Å². The lowest BCUT2D eigenvalue weighted by molar-refractivity contribution is -0.128. The third-order valence-corrected chi connectivity index (χ3v) is 4.74. The maximum absolute atomic E-state index is 12.6. The second-order valence-electron chi connectivity index (χ2n) is 6.75. The van der Waals surface area contributed by atoms with E-state index in [2.05, 4.69) is 15.6 Å². The van der Waals surface area contributed by atoms with Gasteiger partial charge in [0.25, 0.3) is 5.91 Å². The molecule has 0 bridgehead atoms. The van der Waals surface area contributed by atoms with Crippen molar-refractivity contribution in [3.8, 4) is 11.5 Å². The van der Waals surface area contributed by atoms with E-state index in [4.69, 9.17) is 9.47 Å².